The van der Waals surface area contributed by atoms with Gasteiger partial charge in [-0.2, -0.15) is 0 Å². The number of aliphatic hydroxyl groups is 1. The van der Waals surface area contributed by atoms with Gasteiger partial charge in [0.15, 0.2) is 0 Å². The Hall–Kier alpha value is -3.77. The van der Waals surface area contributed by atoms with E-state index in [4.69, 9.17) is 14.4 Å². The summed E-state index contributed by atoms with van der Waals surface area (Å²) in [6, 6.07) is 25.5. The van der Waals surface area contributed by atoms with Crippen molar-refractivity contribution in [3.05, 3.63) is 119 Å². The van der Waals surface area contributed by atoms with E-state index in [0.29, 0.717) is 28.1 Å². The molecule has 4 rings (SSSR count). The van der Waals surface area contributed by atoms with E-state index in [2.05, 4.69) is 182 Å². The van der Waals surface area contributed by atoms with Crippen molar-refractivity contribution in [2.45, 2.75) is 216 Å². The predicted molar refractivity (Wildman–Crippen MR) is 281 cm³/mol. The number of aromatic nitrogens is 2. The van der Waals surface area contributed by atoms with Crippen LogP contribution < -0.4 is 0 Å². The molecule has 4 aromatic rings. The highest BCUT2D eigenvalue weighted by Gasteiger charge is 2.22. The lowest BCUT2D eigenvalue weighted by molar-refractivity contribution is -0.156. The van der Waals surface area contributed by atoms with E-state index >= 15 is 0 Å². The number of pyridine rings is 1. The summed E-state index contributed by atoms with van der Waals surface area (Å²) in [5, 5.41) is 12.6. The normalized spacial score (nSPS) is 12.4. The van der Waals surface area contributed by atoms with Crippen molar-refractivity contribution in [2.75, 3.05) is 0 Å². The fourth-order valence-electron chi connectivity index (χ4n) is 6.33. The summed E-state index contributed by atoms with van der Waals surface area (Å²) in [6.07, 6.45) is 9.26. The van der Waals surface area contributed by atoms with Crippen LogP contribution in [0.15, 0.2) is 89.7 Å². The minimum Gasteiger partial charge on any atom is -0.460 e. The molecule has 65 heavy (non-hydrogen) atoms. The van der Waals surface area contributed by atoms with Gasteiger partial charge in [0.1, 0.15) is 11.4 Å². The van der Waals surface area contributed by atoms with Gasteiger partial charge in [0.2, 0.25) is 0 Å². The number of carbonyl (C=O) groups is 1. The number of benzene rings is 2. The molecule has 0 spiro atoms. The molecule has 0 radical (unpaired) electrons. The first-order valence-corrected chi connectivity index (χ1v) is 23.9. The largest absolute Gasteiger partial charge is 0.460 e. The third-order valence-corrected chi connectivity index (χ3v) is 8.44. The van der Waals surface area contributed by atoms with Crippen LogP contribution >= 0.6 is 0 Å². The van der Waals surface area contributed by atoms with E-state index in [1.807, 2.05) is 73.7 Å². The van der Waals surface area contributed by atoms with Crippen LogP contribution in [0, 0.1) is 46.3 Å². The number of aryl methyl sites for hydroxylation is 2. The Bertz CT molecular complexity index is 1720. The average molecular weight is 901 g/mol. The average Bonchev–Trinajstić information content (AvgIpc) is 3.45. The Morgan fingerprint density at radius 3 is 1.34 bits per heavy atom. The highest BCUT2D eigenvalue weighted by Crippen LogP contribution is 2.24. The van der Waals surface area contributed by atoms with E-state index in [0.717, 1.165) is 37.9 Å². The van der Waals surface area contributed by atoms with E-state index in [1.165, 1.54) is 27.9 Å². The lowest BCUT2D eigenvalue weighted by Gasteiger charge is -2.23. The maximum absolute atomic E-state index is 11.3. The molecule has 6 heteroatoms. The van der Waals surface area contributed by atoms with Crippen LogP contribution in [-0.4, -0.2) is 32.9 Å². The maximum Gasteiger partial charge on any atom is 0.306 e. The number of hydrogen-bond donors (Lipinski definition) is 1. The minimum atomic E-state index is -0.359. The lowest BCUT2D eigenvalue weighted by Crippen LogP contribution is -2.26. The molecule has 2 aromatic heterocycles. The van der Waals surface area contributed by atoms with Crippen molar-refractivity contribution in [3.63, 3.8) is 0 Å². The van der Waals surface area contributed by atoms with Crippen molar-refractivity contribution in [3.8, 4) is 0 Å². The molecular formula is C59H100N2O4. The van der Waals surface area contributed by atoms with Crippen LogP contribution in [0.5, 0.6) is 0 Å². The molecule has 2 aromatic carbocycles. The number of esters is 1. The molecule has 0 bridgehead atoms. The van der Waals surface area contributed by atoms with E-state index in [9.17, 15) is 4.79 Å². The smallest absolute Gasteiger partial charge is 0.306 e. The fraction of sp³-hybridized carbons (Fsp3) is 0.644. The molecule has 1 N–H and O–H groups in total. The van der Waals surface area contributed by atoms with Crippen LogP contribution in [0.25, 0.3) is 0 Å². The Labute approximate surface area is 401 Å². The van der Waals surface area contributed by atoms with Gasteiger partial charge in [0, 0.05) is 17.5 Å². The third-order valence-electron chi connectivity index (χ3n) is 8.44. The Balaban J connectivity index is 0. The topological polar surface area (TPSA) is 85.5 Å². The second-order valence-electron chi connectivity index (χ2n) is 26.1. The van der Waals surface area contributed by atoms with E-state index in [1.54, 1.807) is 6.20 Å². The molecule has 0 amide bonds. The first kappa shape index (κ1) is 63.3. The monoisotopic (exact) mass is 901 g/mol. The standard InChI is InChI=1S/C12H18.C11H16.C10H15N.C10H20O2.C9H15NO.C7H16O/c1-10-5-7-11(8-6-10)9-12(2,3)4;1-11(2,3)9-10-7-5-4-6-8-10;1-10(2,3)8-9-6-4-5-7-11-9;1-9(2,3)7-8(11)12-10(4,5)6;1-7-8(6-10-11-7)5-9(2,3)4;1-6(8)5-7(2,3)4/h5-8H,9H2,1-4H3;4-8H,9H2,1-3H3;4-7H,8H2,1-3H3;7H2,1-6H3;6H,5H2,1-4H3;6,8H,5H2,1-4H3/t;;;;;6-/m.....1/s1. The first-order valence-electron chi connectivity index (χ1n) is 23.9. The number of nitrogens with zero attached hydrogens (tertiary/aromatic N) is 2. The van der Waals surface area contributed by atoms with Gasteiger partial charge in [0.25, 0.3) is 0 Å². The summed E-state index contributed by atoms with van der Waals surface area (Å²) < 4.78 is 10.1. The van der Waals surface area contributed by atoms with Gasteiger partial charge in [-0.15, -0.1) is 0 Å². The molecule has 2 heterocycles. The number of ether oxygens (including phenoxy) is 1. The first-order chi connectivity index (χ1) is 29.1. The third kappa shape index (κ3) is 45.2. The highest BCUT2D eigenvalue weighted by atomic mass is 16.6. The van der Waals surface area contributed by atoms with Crippen LogP contribution in [0.3, 0.4) is 0 Å². The Morgan fingerprint density at radius 2 is 1.02 bits per heavy atom. The summed E-state index contributed by atoms with van der Waals surface area (Å²) in [5.41, 5.74) is 8.00. The molecule has 0 aliphatic heterocycles. The van der Waals surface area contributed by atoms with E-state index < -0.39 is 0 Å². The van der Waals surface area contributed by atoms with Crippen molar-refractivity contribution in [1.29, 1.82) is 0 Å². The molecule has 0 fully saturated rings. The van der Waals surface area contributed by atoms with Crippen molar-refractivity contribution in [1.82, 2.24) is 10.1 Å². The Kier molecular flexibility index (Phi) is 27.7. The minimum absolute atomic E-state index is 0.0162. The van der Waals surface area contributed by atoms with Crippen LogP contribution in [0.2, 0.25) is 0 Å². The molecule has 0 saturated heterocycles. The molecule has 6 nitrogen and oxygen atoms in total. The zero-order valence-electron chi connectivity index (χ0n) is 46.5. The molecule has 0 unspecified atom stereocenters. The predicted octanol–water partition coefficient (Wildman–Crippen LogP) is 16.7. The van der Waals surface area contributed by atoms with Crippen molar-refractivity contribution >= 4 is 5.97 Å². The Morgan fingerprint density at radius 1 is 0.569 bits per heavy atom. The van der Waals surface area contributed by atoms with Gasteiger partial charge >= 0.3 is 5.97 Å². The second kappa shape index (κ2) is 28.4. The van der Waals surface area contributed by atoms with Gasteiger partial charge in [-0.1, -0.05) is 196 Å². The SMILES string of the molecule is CC(C)(C)CC(=O)OC(C)(C)C.CC(C)(C)Cc1ccccc1.CC(C)(C)Cc1ccccn1.C[C@@H](O)CC(C)(C)C.Cc1ccc(CC(C)(C)C)cc1.Cc1oncc1CC(C)(C)C. The van der Waals surface area contributed by atoms with Crippen LogP contribution in [0.1, 0.15) is 199 Å². The highest BCUT2D eigenvalue weighted by molar-refractivity contribution is 5.70. The fourth-order valence-corrected chi connectivity index (χ4v) is 6.33. The van der Waals surface area contributed by atoms with Crippen LogP contribution in [-0.2, 0) is 35.2 Å². The van der Waals surface area contributed by atoms with Gasteiger partial charge in [-0.3, -0.25) is 9.78 Å². The number of rotatable bonds is 6. The quantitative estimate of drug-likeness (QED) is 0.194. The summed E-state index contributed by atoms with van der Waals surface area (Å²) >= 11 is 0. The second-order valence-corrected chi connectivity index (χ2v) is 26.1. The molecule has 1 atom stereocenters. The zero-order valence-corrected chi connectivity index (χ0v) is 46.5. The van der Waals surface area contributed by atoms with Gasteiger partial charge < -0.3 is 14.4 Å². The zero-order chi connectivity index (χ0) is 51.1. The van der Waals surface area contributed by atoms with Gasteiger partial charge in [-0.25, -0.2) is 0 Å². The van der Waals surface area contributed by atoms with Gasteiger partial charge in [-0.05, 0) is 129 Å². The summed E-state index contributed by atoms with van der Waals surface area (Å²) in [6.45, 7) is 50.9. The molecule has 370 valence electrons. The number of aliphatic hydroxyl groups excluding tert-OH is 1. The lowest BCUT2D eigenvalue weighted by atomic mass is 9.88. The van der Waals surface area contributed by atoms with Crippen molar-refractivity contribution in [2.24, 2.45) is 32.5 Å². The molecular weight excluding hydrogens is 801 g/mol. The molecule has 0 saturated carbocycles. The number of hydrogen-bond acceptors (Lipinski definition) is 6. The molecule has 0 aliphatic rings. The summed E-state index contributed by atoms with van der Waals surface area (Å²) in [4.78, 5) is 15.5. The van der Waals surface area contributed by atoms with Crippen molar-refractivity contribution < 1.29 is 19.2 Å². The molecule has 0 aliphatic carbocycles. The number of carbonyl (C=O) groups excluding carboxylic acids is 1. The van der Waals surface area contributed by atoms with Crippen LogP contribution in [0.4, 0.5) is 0 Å². The van der Waals surface area contributed by atoms with E-state index in [-0.39, 0.29) is 28.5 Å². The maximum atomic E-state index is 11.3. The summed E-state index contributed by atoms with van der Waals surface area (Å²) in [5.74, 6) is 0.829. The summed E-state index contributed by atoms with van der Waals surface area (Å²) in [7, 11) is 0. The van der Waals surface area contributed by atoms with Gasteiger partial charge in [0.05, 0.1) is 18.7 Å².